The zero-order valence-corrected chi connectivity index (χ0v) is 7.14. The minimum atomic E-state index is 1.16. The highest BCUT2D eigenvalue weighted by molar-refractivity contribution is 4.66. The summed E-state index contributed by atoms with van der Waals surface area (Å²) in [7, 11) is 0. The van der Waals surface area contributed by atoms with Gasteiger partial charge in [0, 0.05) is 0 Å². The van der Waals surface area contributed by atoms with Crippen LogP contribution in [0.1, 0.15) is 26.7 Å². The van der Waals surface area contributed by atoms with Crippen molar-refractivity contribution in [3.05, 3.63) is 0 Å². The molecule has 1 fully saturated rings. The van der Waals surface area contributed by atoms with Crippen LogP contribution in [0.15, 0.2) is 0 Å². The third kappa shape index (κ3) is 1.70. The van der Waals surface area contributed by atoms with Crippen LogP contribution >= 0.6 is 0 Å². The Bertz CT molecular complexity index is 83.3. The fourth-order valence-corrected chi connectivity index (χ4v) is 1.61. The number of rotatable bonds is 3. The Balaban J connectivity index is 2.29. The first-order chi connectivity index (χ1) is 4.88. The quantitative estimate of drug-likeness (QED) is 0.538. The smallest absolute Gasteiger partial charge is 0.106 e. The minimum absolute atomic E-state index is 1.16. The lowest BCUT2D eigenvalue weighted by atomic mass is 10.4. The Morgan fingerprint density at radius 1 is 1.10 bits per heavy atom. The molecule has 1 aliphatic heterocycles. The van der Waals surface area contributed by atoms with Crippen molar-refractivity contribution in [2.75, 3.05) is 26.2 Å². The van der Waals surface area contributed by atoms with Crippen molar-refractivity contribution >= 4 is 0 Å². The molecule has 2 heteroatoms. The van der Waals surface area contributed by atoms with Gasteiger partial charge in [0.05, 0.1) is 13.1 Å². The zero-order chi connectivity index (χ0) is 7.40. The Labute approximate surface area is 63.8 Å². The van der Waals surface area contributed by atoms with Crippen LogP contribution in [-0.2, 0) is 0 Å². The summed E-state index contributed by atoms with van der Waals surface area (Å²) in [5.74, 6) is 0. The molecule has 0 aromatic rings. The minimum Gasteiger partial charge on any atom is -0.106 e. The first-order valence-electron chi connectivity index (χ1n) is 4.38. The van der Waals surface area contributed by atoms with Gasteiger partial charge in [-0.3, -0.25) is 0 Å². The van der Waals surface area contributed by atoms with Gasteiger partial charge < -0.3 is 0 Å². The summed E-state index contributed by atoms with van der Waals surface area (Å²) in [5, 5.41) is 4.90. The third-order valence-electron chi connectivity index (χ3n) is 2.21. The molecule has 0 spiro atoms. The second kappa shape index (κ2) is 3.94. The first-order valence-corrected chi connectivity index (χ1v) is 4.38. The van der Waals surface area contributed by atoms with Gasteiger partial charge in [0.1, 0.15) is 13.1 Å². The van der Waals surface area contributed by atoms with E-state index in [0.29, 0.717) is 0 Å². The van der Waals surface area contributed by atoms with Crippen LogP contribution in [0.25, 0.3) is 0 Å². The largest absolute Gasteiger partial charge is 0.142 e. The maximum atomic E-state index is 2.47. The van der Waals surface area contributed by atoms with Gasteiger partial charge in [-0.15, -0.1) is 5.01 Å². The van der Waals surface area contributed by atoms with Crippen molar-refractivity contribution in [2.24, 2.45) is 0 Å². The van der Waals surface area contributed by atoms with Gasteiger partial charge in [-0.2, -0.15) is 0 Å². The maximum Gasteiger partial charge on any atom is 0.142 e. The molecule has 0 aromatic heterocycles. The second-order valence-corrected chi connectivity index (χ2v) is 2.80. The molecule has 0 amide bonds. The normalized spacial score (nSPS) is 20.7. The predicted octanol–water partition coefficient (Wildman–Crippen LogP) is 1.18. The summed E-state index contributed by atoms with van der Waals surface area (Å²) in [6, 6.07) is 0. The van der Waals surface area contributed by atoms with E-state index in [1.807, 2.05) is 0 Å². The van der Waals surface area contributed by atoms with Gasteiger partial charge in [-0.1, -0.05) is 5.01 Å². The Hall–Kier alpha value is -0.0800. The van der Waals surface area contributed by atoms with Crippen molar-refractivity contribution < 1.29 is 0 Å². The van der Waals surface area contributed by atoms with Crippen LogP contribution in [0.4, 0.5) is 0 Å². The Kier molecular flexibility index (Phi) is 3.16. The fourth-order valence-electron chi connectivity index (χ4n) is 1.61. The molecule has 1 aliphatic rings. The van der Waals surface area contributed by atoms with E-state index in [1.54, 1.807) is 0 Å². The highest BCUT2D eigenvalue weighted by Crippen LogP contribution is 2.07. The van der Waals surface area contributed by atoms with E-state index in [1.165, 1.54) is 25.9 Å². The van der Waals surface area contributed by atoms with Crippen LogP contribution < -0.4 is 5.01 Å². The van der Waals surface area contributed by atoms with Gasteiger partial charge in [-0.05, 0) is 26.7 Å². The van der Waals surface area contributed by atoms with E-state index < -0.39 is 0 Å². The SMILES string of the molecule is CC[N+](CC)N1CCCC1. The standard InChI is InChI=1S/C8H18N2/c1-3-9(4-2)10-7-5-6-8-10/h3-8H2,1-2H3/q+1. The van der Waals surface area contributed by atoms with Gasteiger partial charge >= 0.3 is 0 Å². The topological polar surface area (TPSA) is 9.14 Å². The monoisotopic (exact) mass is 142 g/mol. The number of hydrazine groups is 1. The molecule has 1 heterocycles. The lowest BCUT2D eigenvalue weighted by Crippen LogP contribution is -2.45. The molecule has 2 nitrogen and oxygen atoms in total. The first kappa shape index (κ1) is 8.02. The number of nitrogens with zero attached hydrogens (tertiary/aromatic N) is 2. The highest BCUT2D eigenvalue weighted by atomic mass is 15.6. The summed E-state index contributed by atoms with van der Waals surface area (Å²) in [6.45, 7) is 9.33. The van der Waals surface area contributed by atoms with Crippen molar-refractivity contribution in [3.8, 4) is 0 Å². The molecule has 0 N–H and O–H groups in total. The highest BCUT2D eigenvalue weighted by Gasteiger charge is 2.24. The zero-order valence-electron chi connectivity index (χ0n) is 7.14. The van der Waals surface area contributed by atoms with Gasteiger partial charge in [-0.25, -0.2) is 0 Å². The van der Waals surface area contributed by atoms with Crippen LogP contribution in [0.5, 0.6) is 0 Å². The fraction of sp³-hybridized carbons (Fsp3) is 1.00. The van der Waals surface area contributed by atoms with E-state index in [-0.39, 0.29) is 0 Å². The van der Waals surface area contributed by atoms with Crippen LogP contribution in [-0.4, -0.2) is 31.2 Å². The Morgan fingerprint density at radius 3 is 2.00 bits per heavy atom. The average molecular weight is 142 g/mol. The summed E-state index contributed by atoms with van der Waals surface area (Å²) >= 11 is 0. The second-order valence-electron chi connectivity index (χ2n) is 2.80. The van der Waals surface area contributed by atoms with E-state index in [2.05, 4.69) is 23.9 Å². The van der Waals surface area contributed by atoms with Crippen LogP contribution in [0.2, 0.25) is 0 Å². The van der Waals surface area contributed by atoms with Gasteiger partial charge in [0.2, 0.25) is 0 Å². The Morgan fingerprint density at radius 2 is 1.60 bits per heavy atom. The summed E-state index contributed by atoms with van der Waals surface area (Å²) < 4.78 is 0. The molecule has 1 saturated heterocycles. The van der Waals surface area contributed by atoms with Crippen molar-refractivity contribution in [3.63, 3.8) is 0 Å². The van der Waals surface area contributed by atoms with E-state index in [0.717, 1.165) is 13.1 Å². The molecule has 1 rings (SSSR count). The maximum absolute atomic E-state index is 2.47. The average Bonchev–Trinajstić information content (AvgIpc) is 2.43. The molecular weight excluding hydrogens is 124 g/mol. The molecule has 1 radical (unpaired) electrons. The molecule has 59 valence electrons. The van der Waals surface area contributed by atoms with Crippen molar-refractivity contribution in [1.29, 1.82) is 0 Å². The third-order valence-corrected chi connectivity index (χ3v) is 2.21. The van der Waals surface area contributed by atoms with E-state index >= 15 is 0 Å². The van der Waals surface area contributed by atoms with Gasteiger partial charge in [0.25, 0.3) is 0 Å². The molecule has 0 bridgehead atoms. The van der Waals surface area contributed by atoms with E-state index in [9.17, 15) is 0 Å². The molecular formula is C8H18N2+. The molecule has 0 aromatic carbocycles. The van der Waals surface area contributed by atoms with Crippen LogP contribution in [0.3, 0.4) is 0 Å². The van der Waals surface area contributed by atoms with Crippen molar-refractivity contribution in [1.82, 2.24) is 10.0 Å². The van der Waals surface area contributed by atoms with E-state index in [4.69, 9.17) is 0 Å². The summed E-state index contributed by atoms with van der Waals surface area (Å²) in [4.78, 5) is 0. The lowest BCUT2D eigenvalue weighted by Gasteiger charge is -2.16. The molecule has 0 saturated carbocycles. The van der Waals surface area contributed by atoms with Crippen molar-refractivity contribution in [2.45, 2.75) is 26.7 Å². The summed E-state index contributed by atoms with van der Waals surface area (Å²) in [6.07, 6.45) is 2.77. The molecule has 10 heavy (non-hydrogen) atoms. The number of hydrogen-bond acceptors (Lipinski definition) is 2. The van der Waals surface area contributed by atoms with Crippen LogP contribution in [0, 0.1) is 0 Å². The molecule has 0 unspecified atom stereocenters. The summed E-state index contributed by atoms with van der Waals surface area (Å²) in [5.41, 5.74) is 0. The number of hydrogen-bond donors (Lipinski definition) is 0. The molecule has 0 aliphatic carbocycles. The lowest BCUT2D eigenvalue weighted by molar-refractivity contribution is 0.107. The van der Waals surface area contributed by atoms with Gasteiger partial charge in [0.15, 0.2) is 0 Å². The molecule has 0 atom stereocenters. The predicted molar refractivity (Wildman–Crippen MR) is 44.0 cm³/mol.